The quantitative estimate of drug-likeness (QED) is 0.831. The van der Waals surface area contributed by atoms with Crippen LogP contribution in [0.4, 0.5) is 5.69 Å². The number of carboxylic acid groups (broad SMARTS) is 1. The number of halogens is 1. The summed E-state index contributed by atoms with van der Waals surface area (Å²) in [5.74, 6) is -1.00. The molecule has 0 fully saturated rings. The molecule has 0 aliphatic carbocycles. The van der Waals surface area contributed by atoms with Gasteiger partial charge in [0.1, 0.15) is 17.2 Å². The van der Waals surface area contributed by atoms with Gasteiger partial charge >= 0.3 is 5.97 Å². The highest BCUT2D eigenvalue weighted by Crippen LogP contribution is 2.21. The van der Waals surface area contributed by atoms with Crippen LogP contribution in [-0.2, 0) is 15.8 Å². The molecule has 112 valence electrons. The molecule has 0 aliphatic heterocycles. The molecule has 0 radical (unpaired) electrons. The lowest BCUT2D eigenvalue weighted by molar-refractivity contribution is 0.0697. The zero-order valence-electron chi connectivity index (χ0n) is 10.8. The van der Waals surface area contributed by atoms with Crippen LogP contribution in [-0.4, -0.2) is 24.7 Å². The predicted molar refractivity (Wildman–Crippen MR) is 78.6 cm³/mol. The molecule has 0 unspecified atom stereocenters. The van der Waals surface area contributed by atoms with Gasteiger partial charge in [-0.2, -0.15) is 0 Å². The SMILES string of the molecule is Cc1cc(CS(=O)(=O)Nc2cc(Br)cc(C(=O)O)c2)no1. The van der Waals surface area contributed by atoms with E-state index in [0.29, 0.717) is 10.2 Å². The minimum absolute atomic E-state index is 0.0284. The molecule has 9 heteroatoms. The molecule has 1 aromatic carbocycles. The molecule has 0 atom stereocenters. The topological polar surface area (TPSA) is 110 Å². The van der Waals surface area contributed by atoms with E-state index in [0.717, 1.165) is 0 Å². The highest BCUT2D eigenvalue weighted by molar-refractivity contribution is 9.10. The third-order valence-corrected chi connectivity index (χ3v) is 4.11. The number of nitrogens with zero attached hydrogens (tertiary/aromatic N) is 1. The van der Waals surface area contributed by atoms with E-state index in [4.69, 9.17) is 9.63 Å². The van der Waals surface area contributed by atoms with Gasteiger partial charge < -0.3 is 9.63 Å². The average molecular weight is 375 g/mol. The van der Waals surface area contributed by atoms with E-state index in [1.54, 1.807) is 6.92 Å². The predicted octanol–water partition coefficient (Wildman–Crippen LogP) is 2.39. The number of rotatable bonds is 5. The van der Waals surface area contributed by atoms with Gasteiger partial charge in [-0.3, -0.25) is 4.72 Å². The van der Waals surface area contributed by atoms with Gasteiger partial charge in [-0.05, 0) is 25.1 Å². The molecule has 1 aromatic heterocycles. The zero-order chi connectivity index (χ0) is 15.6. The Bertz CT molecular complexity index is 785. The van der Waals surface area contributed by atoms with Gasteiger partial charge in [0.2, 0.25) is 10.0 Å². The molecule has 0 saturated carbocycles. The second-order valence-electron chi connectivity index (χ2n) is 4.32. The van der Waals surface area contributed by atoms with Crippen molar-refractivity contribution in [3.8, 4) is 0 Å². The van der Waals surface area contributed by atoms with Crippen LogP contribution in [0.25, 0.3) is 0 Å². The molecule has 0 aliphatic rings. The number of carboxylic acids is 1. The number of benzene rings is 1. The van der Waals surface area contributed by atoms with Crippen molar-refractivity contribution in [3.63, 3.8) is 0 Å². The second kappa shape index (κ2) is 5.86. The van der Waals surface area contributed by atoms with Crippen LogP contribution in [0.2, 0.25) is 0 Å². The second-order valence-corrected chi connectivity index (χ2v) is 6.96. The number of aromatic carboxylic acids is 1. The van der Waals surface area contributed by atoms with Crippen LogP contribution in [0, 0.1) is 6.92 Å². The van der Waals surface area contributed by atoms with Gasteiger partial charge in [0, 0.05) is 10.5 Å². The Morgan fingerprint density at radius 1 is 1.38 bits per heavy atom. The number of sulfonamides is 1. The fourth-order valence-corrected chi connectivity index (χ4v) is 3.24. The highest BCUT2D eigenvalue weighted by Gasteiger charge is 2.16. The number of hydrogen-bond donors (Lipinski definition) is 2. The number of anilines is 1. The van der Waals surface area contributed by atoms with Crippen molar-refractivity contribution >= 4 is 37.6 Å². The third-order valence-electron chi connectivity index (χ3n) is 2.43. The molecule has 0 amide bonds. The van der Waals surface area contributed by atoms with Crippen molar-refractivity contribution in [2.24, 2.45) is 0 Å². The first-order valence-corrected chi connectivity index (χ1v) is 8.16. The summed E-state index contributed by atoms with van der Waals surface area (Å²) in [6.07, 6.45) is 0. The minimum atomic E-state index is -3.72. The molecule has 0 spiro atoms. The normalized spacial score (nSPS) is 11.3. The number of carbonyl (C=O) groups is 1. The lowest BCUT2D eigenvalue weighted by Gasteiger charge is -2.08. The molecule has 2 rings (SSSR count). The van der Waals surface area contributed by atoms with Crippen LogP contribution in [0.3, 0.4) is 0 Å². The standard InChI is InChI=1S/C12H11BrN2O5S/c1-7-2-11(14-20-7)6-21(18,19)15-10-4-8(12(16)17)3-9(13)5-10/h2-5,15H,6H2,1H3,(H,16,17). The Morgan fingerprint density at radius 2 is 2.10 bits per heavy atom. The highest BCUT2D eigenvalue weighted by atomic mass is 79.9. The van der Waals surface area contributed by atoms with Gasteiger partial charge in [-0.1, -0.05) is 21.1 Å². The molecule has 21 heavy (non-hydrogen) atoms. The fraction of sp³-hybridized carbons (Fsp3) is 0.167. The summed E-state index contributed by atoms with van der Waals surface area (Å²) in [6.45, 7) is 1.66. The first-order valence-electron chi connectivity index (χ1n) is 5.72. The maximum Gasteiger partial charge on any atom is 0.335 e. The van der Waals surface area contributed by atoms with E-state index in [1.807, 2.05) is 0 Å². The van der Waals surface area contributed by atoms with Crippen molar-refractivity contribution in [2.75, 3.05) is 4.72 Å². The van der Waals surface area contributed by atoms with Gasteiger partial charge in [0.25, 0.3) is 0 Å². The smallest absolute Gasteiger partial charge is 0.335 e. The fourth-order valence-electron chi connectivity index (χ4n) is 1.67. The minimum Gasteiger partial charge on any atom is -0.478 e. The van der Waals surface area contributed by atoms with Crippen molar-refractivity contribution in [1.29, 1.82) is 0 Å². The van der Waals surface area contributed by atoms with Crippen LogP contribution in [0.5, 0.6) is 0 Å². The third kappa shape index (κ3) is 4.30. The molecule has 0 saturated heterocycles. The zero-order valence-corrected chi connectivity index (χ0v) is 13.2. The summed E-state index contributed by atoms with van der Waals surface area (Å²) < 4.78 is 31.6. The van der Waals surface area contributed by atoms with Crippen LogP contribution >= 0.6 is 15.9 Å². The van der Waals surface area contributed by atoms with Gasteiger partial charge in [0.15, 0.2) is 0 Å². The average Bonchev–Trinajstić information content (AvgIpc) is 2.72. The van der Waals surface area contributed by atoms with E-state index in [-0.39, 0.29) is 22.7 Å². The largest absolute Gasteiger partial charge is 0.478 e. The first kappa shape index (κ1) is 15.5. The summed E-state index contributed by atoms with van der Waals surface area (Å²) in [6, 6.07) is 5.60. The summed E-state index contributed by atoms with van der Waals surface area (Å²) in [5.41, 5.74) is 0.398. The van der Waals surface area contributed by atoms with Crippen LogP contribution in [0.1, 0.15) is 21.8 Å². The van der Waals surface area contributed by atoms with Gasteiger partial charge in [-0.15, -0.1) is 0 Å². The molecule has 7 nitrogen and oxygen atoms in total. The lowest BCUT2D eigenvalue weighted by atomic mass is 10.2. The molecule has 2 aromatic rings. The van der Waals surface area contributed by atoms with E-state index in [2.05, 4.69) is 25.8 Å². The number of aromatic nitrogens is 1. The lowest BCUT2D eigenvalue weighted by Crippen LogP contribution is -2.15. The Morgan fingerprint density at radius 3 is 2.67 bits per heavy atom. The summed E-state index contributed by atoms with van der Waals surface area (Å²) in [5, 5.41) is 12.6. The molecular weight excluding hydrogens is 364 g/mol. The van der Waals surface area contributed by atoms with Crippen LogP contribution in [0.15, 0.2) is 33.3 Å². The van der Waals surface area contributed by atoms with Gasteiger partial charge in [0.05, 0.1) is 11.3 Å². The Labute approximate surface area is 129 Å². The Hall–Kier alpha value is -1.87. The number of hydrogen-bond acceptors (Lipinski definition) is 5. The van der Waals surface area contributed by atoms with E-state index >= 15 is 0 Å². The van der Waals surface area contributed by atoms with Crippen molar-refractivity contribution < 1.29 is 22.8 Å². The maximum absolute atomic E-state index is 12.0. The van der Waals surface area contributed by atoms with Crippen molar-refractivity contribution in [3.05, 3.63) is 45.8 Å². The number of nitrogens with one attached hydrogen (secondary N) is 1. The first-order chi connectivity index (χ1) is 9.75. The molecular formula is C12H11BrN2O5S. The Kier molecular flexibility index (Phi) is 4.33. The van der Waals surface area contributed by atoms with Crippen molar-refractivity contribution in [1.82, 2.24) is 5.16 Å². The molecule has 2 N–H and O–H groups in total. The van der Waals surface area contributed by atoms with Crippen LogP contribution < -0.4 is 4.72 Å². The maximum atomic E-state index is 12.0. The summed E-state index contributed by atoms with van der Waals surface area (Å²) >= 11 is 3.13. The summed E-state index contributed by atoms with van der Waals surface area (Å²) in [4.78, 5) is 10.9. The number of aryl methyl sites for hydroxylation is 1. The van der Waals surface area contributed by atoms with E-state index < -0.39 is 16.0 Å². The molecule has 0 bridgehead atoms. The van der Waals surface area contributed by atoms with E-state index in [1.165, 1.54) is 24.3 Å². The van der Waals surface area contributed by atoms with E-state index in [9.17, 15) is 13.2 Å². The summed E-state index contributed by atoms with van der Waals surface area (Å²) in [7, 11) is -3.72. The van der Waals surface area contributed by atoms with Crippen molar-refractivity contribution in [2.45, 2.75) is 12.7 Å². The van der Waals surface area contributed by atoms with Gasteiger partial charge in [-0.25, -0.2) is 13.2 Å². The Balaban J connectivity index is 2.22. The molecule has 1 heterocycles. The monoisotopic (exact) mass is 374 g/mol.